The lowest BCUT2D eigenvalue weighted by Crippen LogP contribution is -2.07. The molecule has 0 saturated heterocycles. The van der Waals surface area contributed by atoms with E-state index in [9.17, 15) is 0 Å². The largest absolute Gasteiger partial charge is 0.313 e. The van der Waals surface area contributed by atoms with Crippen LogP contribution in [-0.2, 0) is 6.54 Å². The number of hydrogen-bond acceptors (Lipinski definition) is 4. The third kappa shape index (κ3) is 1.74. The molecule has 5 nitrogen and oxygen atoms in total. The van der Waals surface area contributed by atoms with Crippen LogP contribution in [0.4, 0.5) is 0 Å². The molecule has 2 aromatic heterocycles. The first kappa shape index (κ1) is 10.6. The number of hydrogen-bond donors (Lipinski definition) is 0. The van der Waals surface area contributed by atoms with E-state index in [1.165, 1.54) is 0 Å². The SMILES string of the molecule is Cc1nc2cnc(C#N)nc2n1CC(C)C. The fourth-order valence-electron chi connectivity index (χ4n) is 1.67. The van der Waals surface area contributed by atoms with Crippen molar-refractivity contribution in [3.05, 3.63) is 17.8 Å². The summed E-state index contributed by atoms with van der Waals surface area (Å²) >= 11 is 0. The molecule has 5 heteroatoms. The van der Waals surface area contributed by atoms with Crippen LogP contribution in [-0.4, -0.2) is 19.5 Å². The molecule has 0 atom stereocenters. The van der Waals surface area contributed by atoms with Crippen LogP contribution in [0.2, 0.25) is 0 Å². The van der Waals surface area contributed by atoms with Crippen LogP contribution in [0.5, 0.6) is 0 Å². The molecule has 16 heavy (non-hydrogen) atoms. The minimum Gasteiger partial charge on any atom is -0.313 e. The van der Waals surface area contributed by atoms with Gasteiger partial charge >= 0.3 is 0 Å². The molecule has 0 aliphatic rings. The van der Waals surface area contributed by atoms with Gasteiger partial charge in [0, 0.05) is 6.54 Å². The highest BCUT2D eigenvalue weighted by Gasteiger charge is 2.11. The Balaban J connectivity index is 2.62. The Hall–Kier alpha value is -1.96. The number of aromatic nitrogens is 4. The number of imidazole rings is 1. The Morgan fingerprint density at radius 1 is 1.44 bits per heavy atom. The summed E-state index contributed by atoms with van der Waals surface area (Å²) in [7, 11) is 0. The van der Waals surface area contributed by atoms with E-state index in [2.05, 4.69) is 28.8 Å². The van der Waals surface area contributed by atoms with Gasteiger partial charge in [0.05, 0.1) is 6.20 Å². The van der Waals surface area contributed by atoms with Gasteiger partial charge in [-0.05, 0) is 12.8 Å². The second kappa shape index (κ2) is 3.89. The average Bonchev–Trinajstić information content (AvgIpc) is 2.54. The molecule has 0 aliphatic heterocycles. The van der Waals surface area contributed by atoms with Gasteiger partial charge < -0.3 is 4.57 Å². The second-order valence-electron chi connectivity index (χ2n) is 4.18. The van der Waals surface area contributed by atoms with Crippen molar-refractivity contribution >= 4 is 11.2 Å². The van der Waals surface area contributed by atoms with Gasteiger partial charge in [0.2, 0.25) is 5.82 Å². The lowest BCUT2D eigenvalue weighted by atomic mass is 10.2. The Labute approximate surface area is 93.8 Å². The smallest absolute Gasteiger partial charge is 0.234 e. The maximum absolute atomic E-state index is 8.77. The molecular formula is C11H13N5. The van der Waals surface area contributed by atoms with Crippen molar-refractivity contribution in [3.63, 3.8) is 0 Å². The van der Waals surface area contributed by atoms with E-state index in [1.54, 1.807) is 6.20 Å². The molecule has 0 bridgehead atoms. The van der Waals surface area contributed by atoms with E-state index in [1.807, 2.05) is 17.6 Å². The average molecular weight is 215 g/mol. The van der Waals surface area contributed by atoms with E-state index < -0.39 is 0 Å². The predicted molar refractivity (Wildman–Crippen MR) is 59.6 cm³/mol. The highest BCUT2D eigenvalue weighted by molar-refractivity contribution is 5.70. The van der Waals surface area contributed by atoms with E-state index in [0.717, 1.165) is 23.5 Å². The Morgan fingerprint density at radius 3 is 2.81 bits per heavy atom. The number of nitrogens with zero attached hydrogens (tertiary/aromatic N) is 5. The standard InChI is InChI=1S/C11H13N5/c1-7(2)6-16-8(3)14-9-5-13-10(4-12)15-11(9)16/h5,7H,6H2,1-3H3. The molecule has 0 N–H and O–H groups in total. The lowest BCUT2D eigenvalue weighted by molar-refractivity contribution is 0.521. The number of nitriles is 1. The quantitative estimate of drug-likeness (QED) is 0.764. The molecule has 0 unspecified atom stereocenters. The van der Waals surface area contributed by atoms with Gasteiger partial charge in [0.25, 0.3) is 0 Å². The zero-order valence-electron chi connectivity index (χ0n) is 9.60. The van der Waals surface area contributed by atoms with E-state index in [0.29, 0.717) is 5.92 Å². The lowest BCUT2D eigenvalue weighted by Gasteiger charge is -2.08. The first-order valence-corrected chi connectivity index (χ1v) is 5.21. The Bertz CT molecular complexity index is 561. The van der Waals surface area contributed by atoms with Crippen LogP contribution < -0.4 is 0 Å². The van der Waals surface area contributed by atoms with Crippen LogP contribution in [0.1, 0.15) is 25.5 Å². The van der Waals surface area contributed by atoms with Gasteiger partial charge in [0.1, 0.15) is 17.4 Å². The maximum atomic E-state index is 8.77. The predicted octanol–water partition coefficient (Wildman–Crippen LogP) is 1.66. The van der Waals surface area contributed by atoms with Crippen LogP contribution >= 0.6 is 0 Å². The van der Waals surface area contributed by atoms with E-state index in [-0.39, 0.29) is 5.82 Å². The van der Waals surface area contributed by atoms with Gasteiger partial charge in [-0.1, -0.05) is 13.8 Å². The highest BCUT2D eigenvalue weighted by atomic mass is 15.1. The molecule has 0 saturated carbocycles. The van der Waals surface area contributed by atoms with Gasteiger partial charge in [0.15, 0.2) is 5.65 Å². The summed E-state index contributed by atoms with van der Waals surface area (Å²) in [6, 6.07) is 1.95. The molecule has 82 valence electrons. The normalized spacial score (nSPS) is 10.9. The van der Waals surface area contributed by atoms with Crippen molar-refractivity contribution in [1.29, 1.82) is 5.26 Å². The van der Waals surface area contributed by atoms with Crippen molar-refractivity contribution in [3.8, 4) is 6.07 Å². The molecule has 2 aromatic rings. The summed E-state index contributed by atoms with van der Waals surface area (Å²) in [5.41, 5.74) is 1.50. The monoisotopic (exact) mass is 215 g/mol. The van der Waals surface area contributed by atoms with Gasteiger partial charge in [-0.15, -0.1) is 0 Å². The molecule has 2 rings (SSSR count). The zero-order chi connectivity index (χ0) is 11.7. The molecular weight excluding hydrogens is 202 g/mol. The summed E-state index contributed by atoms with van der Waals surface area (Å²) in [4.78, 5) is 12.5. The molecule has 0 aliphatic carbocycles. The first-order valence-electron chi connectivity index (χ1n) is 5.21. The summed E-state index contributed by atoms with van der Waals surface area (Å²) < 4.78 is 2.03. The molecule has 2 heterocycles. The van der Waals surface area contributed by atoms with Crippen molar-refractivity contribution in [2.45, 2.75) is 27.3 Å². The third-order valence-corrected chi connectivity index (χ3v) is 2.33. The van der Waals surface area contributed by atoms with Gasteiger partial charge in [-0.2, -0.15) is 10.2 Å². The fraction of sp³-hybridized carbons (Fsp3) is 0.455. The van der Waals surface area contributed by atoms with E-state index in [4.69, 9.17) is 5.26 Å². The molecule has 0 radical (unpaired) electrons. The molecule has 0 amide bonds. The second-order valence-corrected chi connectivity index (χ2v) is 4.18. The third-order valence-electron chi connectivity index (χ3n) is 2.33. The number of fused-ring (bicyclic) bond motifs is 1. The van der Waals surface area contributed by atoms with Crippen LogP contribution in [0.25, 0.3) is 11.2 Å². The van der Waals surface area contributed by atoms with Crippen LogP contribution in [0.3, 0.4) is 0 Å². The van der Waals surface area contributed by atoms with Crippen molar-refractivity contribution in [1.82, 2.24) is 19.5 Å². The maximum Gasteiger partial charge on any atom is 0.234 e. The molecule has 0 spiro atoms. The number of aryl methyl sites for hydroxylation is 1. The summed E-state index contributed by atoms with van der Waals surface area (Å²) in [5.74, 6) is 1.61. The molecule has 0 fully saturated rings. The topological polar surface area (TPSA) is 67.4 Å². The summed E-state index contributed by atoms with van der Waals surface area (Å²) in [6.07, 6.45) is 1.60. The molecule has 0 aromatic carbocycles. The highest BCUT2D eigenvalue weighted by Crippen LogP contribution is 2.14. The minimum atomic E-state index is 0.192. The number of rotatable bonds is 2. The minimum absolute atomic E-state index is 0.192. The van der Waals surface area contributed by atoms with Crippen LogP contribution in [0, 0.1) is 24.2 Å². The van der Waals surface area contributed by atoms with Crippen molar-refractivity contribution < 1.29 is 0 Å². The van der Waals surface area contributed by atoms with Crippen LogP contribution in [0.15, 0.2) is 6.20 Å². The fourth-order valence-corrected chi connectivity index (χ4v) is 1.67. The van der Waals surface area contributed by atoms with Crippen molar-refractivity contribution in [2.75, 3.05) is 0 Å². The first-order chi connectivity index (χ1) is 7.61. The Morgan fingerprint density at radius 2 is 2.19 bits per heavy atom. The summed E-state index contributed by atoms with van der Waals surface area (Å²) in [5, 5.41) is 8.77. The van der Waals surface area contributed by atoms with Gasteiger partial charge in [-0.25, -0.2) is 9.97 Å². The zero-order valence-corrected chi connectivity index (χ0v) is 9.60. The van der Waals surface area contributed by atoms with Crippen molar-refractivity contribution in [2.24, 2.45) is 5.92 Å². The van der Waals surface area contributed by atoms with Gasteiger partial charge in [-0.3, -0.25) is 0 Å². The van der Waals surface area contributed by atoms with E-state index >= 15 is 0 Å². The Kier molecular flexibility index (Phi) is 2.57. The summed E-state index contributed by atoms with van der Waals surface area (Å²) in [6.45, 7) is 7.07.